The fraction of sp³-hybridized carbons (Fsp3) is 0.891. The number of ether oxygens (including phenoxy) is 4. The molecule has 9 nitrogen and oxygen atoms in total. The topological polar surface area (TPSA) is 111 Å². The van der Waals surface area contributed by atoms with E-state index >= 15 is 0 Å². The number of likely N-dealkylation sites (N-methyl/N-ethyl adjacent to an activating group) is 1. The van der Waals surface area contributed by atoms with Crippen LogP contribution >= 0.6 is 0 Å². The van der Waals surface area contributed by atoms with Crippen molar-refractivity contribution in [1.82, 2.24) is 0 Å². The lowest BCUT2D eigenvalue weighted by Crippen LogP contribution is -2.44. The molecule has 0 aromatic heterocycles. The number of hydrogen-bond donors (Lipinski definition) is 0. The molecule has 0 aliphatic rings. The Morgan fingerprint density at radius 1 is 0.527 bits per heavy atom. The summed E-state index contributed by atoms with van der Waals surface area (Å²) < 4.78 is 22.5. The van der Waals surface area contributed by atoms with Crippen molar-refractivity contribution in [1.29, 1.82) is 0 Å². The zero-order chi connectivity index (χ0) is 40.7. The average molecular weight is 782 g/mol. The predicted molar refractivity (Wildman–Crippen MR) is 223 cm³/mol. The summed E-state index contributed by atoms with van der Waals surface area (Å²) in [6.07, 6.45) is 36.7. The van der Waals surface area contributed by atoms with Gasteiger partial charge in [0.2, 0.25) is 0 Å². The van der Waals surface area contributed by atoms with Crippen molar-refractivity contribution in [2.75, 3.05) is 47.5 Å². The van der Waals surface area contributed by atoms with Crippen LogP contribution in [-0.4, -0.2) is 82.3 Å². The SMILES string of the molecule is CCCC/C=C\CCCCCCCC(=O)OC(COC(=O)CCCCCCCCCCCCCCCCCCCCC)COC(OCC[N+](C)(C)C)C(=O)[O-]. The van der Waals surface area contributed by atoms with Crippen LogP contribution in [0.25, 0.3) is 0 Å². The third-order valence-electron chi connectivity index (χ3n) is 10.0. The number of quaternary nitrogens is 1. The Morgan fingerprint density at radius 3 is 1.40 bits per heavy atom. The van der Waals surface area contributed by atoms with Crippen LogP contribution in [0.3, 0.4) is 0 Å². The molecule has 0 heterocycles. The standard InChI is InChI=1S/C46H87NO8/c1-6-8-10-12-14-16-18-19-20-21-22-23-24-25-27-28-30-32-34-36-43(48)53-40-42(41-54-46(45(50)51)52-39-38-47(3,4)5)55-44(49)37-35-33-31-29-26-17-15-13-11-9-7-2/h13,15,42,46H,6-12,14,16-41H2,1-5H3/b15-13-. The van der Waals surface area contributed by atoms with Gasteiger partial charge in [0.25, 0.3) is 0 Å². The molecule has 0 aliphatic carbocycles. The van der Waals surface area contributed by atoms with E-state index in [9.17, 15) is 19.5 Å². The number of rotatable bonds is 42. The first-order chi connectivity index (χ1) is 26.6. The Hall–Kier alpha value is -1.97. The molecular weight excluding hydrogens is 695 g/mol. The number of carboxylic acids is 1. The molecule has 0 fully saturated rings. The summed E-state index contributed by atoms with van der Waals surface area (Å²) in [5.41, 5.74) is 0. The summed E-state index contributed by atoms with van der Waals surface area (Å²) in [6.45, 7) is 4.71. The maximum Gasteiger partial charge on any atom is 0.306 e. The number of nitrogens with zero attached hydrogens (tertiary/aromatic N) is 1. The third kappa shape index (κ3) is 40.0. The van der Waals surface area contributed by atoms with Crippen LogP contribution in [0.5, 0.6) is 0 Å². The number of unbranched alkanes of at least 4 members (excludes halogenated alkanes) is 25. The first kappa shape index (κ1) is 53.0. The number of allylic oxidation sites excluding steroid dienone is 2. The van der Waals surface area contributed by atoms with Gasteiger partial charge in [-0.15, -0.1) is 0 Å². The minimum absolute atomic E-state index is 0.149. The van der Waals surface area contributed by atoms with Crippen molar-refractivity contribution in [2.24, 2.45) is 0 Å². The Morgan fingerprint density at radius 2 is 0.945 bits per heavy atom. The van der Waals surface area contributed by atoms with Crippen molar-refractivity contribution >= 4 is 17.9 Å². The fourth-order valence-electron chi connectivity index (χ4n) is 6.40. The molecule has 0 radical (unpaired) electrons. The third-order valence-corrected chi connectivity index (χ3v) is 10.0. The molecule has 0 N–H and O–H groups in total. The second-order valence-corrected chi connectivity index (χ2v) is 16.7. The maximum atomic E-state index is 12.7. The molecular formula is C46H87NO8. The van der Waals surface area contributed by atoms with Crippen molar-refractivity contribution in [3.63, 3.8) is 0 Å². The smallest absolute Gasteiger partial charge is 0.306 e. The molecule has 0 aromatic rings. The van der Waals surface area contributed by atoms with Crippen LogP contribution in [0.4, 0.5) is 0 Å². The van der Waals surface area contributed by atoms with Crippen molar-refractivity contribution in [2.45, 2.75) is 219 Å². The molecule has 2 atom stereocenters. The number of hydrogen-bond acceptors (Lipinski definition) is 8. The van der Waals surface area contributed by atoms with E-state index in [1.54, 1.807) is 0 Å². The van der Waals surface area contributed by atoms with Crippen LogP contribution in [0.2, 0.25) is 0 Å². The first-order valence-corrected chi connectivity index (χ1v) is 22.8. The highest BCUT2D eigenvalue weighted by Gasteiger charge is 2.21. The van der Waals surface area contributed by atoms with E-state index in [1.807, 2.05) is 21.1 Å². The van der Waals surface area contributed by atoms with Crippen LogP contribution < -0.4 is 5.11 Å². The Bertz CT molecular complexity index is 918. The van der Waals surface area contributed by atoms with E-state index in [0.717, 1.165) is 57.8 Å². The van der Waals surface area contributed by atoms with Gasteiger partial charge in [-0.3, -0.25) is 9.59 Å². The molecule has 0 saturated heterocycles. The predicted octanol–water partition coefficient (Wildman–Crippen LogP) is 10.6. The van der Waals surface area contributed by atoms with Gasteiger partial charge < -0.3 is 33.3 Å². The molecule has 0 aromatic carbocycles. The summed E-state index contributed by atoms with van der Waals surface area (Å²) in [5, 5.41) is 11.7. The van der Waals surface area contributed by atoms with Gasteiger partial charge in [0.05, 0.1) is 40.3 Å². The molecule has 0 aliphatic heterocycles. The highest BCUT2D eigenvalue weighted by molar-refractivity contribution is 5.70. The molecule has 2 unspecified atom stereocenters. The molecule has 0 saturated carbocycles. The monoisotopic (exact) mass is 782 g/mol. The summed E-state index contributed by atoms with van der Waals surface area (Å²) in [6, 6.07) is 0. The summed E-state index contributed by atoms with van der Waals surface area (Å²) in [5.74, 6) is -2.29. The van der Waals surface area contributed by atoms with Crippen molar-refractivity contribution in [3.05, 3.63) is 12.2 Å². The van der Waals surface area contributed by atoms with E-state index in [1.165, 1.54) is 116 Å². The van der Waals surface area contributed by atoms with Crippen LogP contribution in [0.15, 0.2) is 12.2 Å². The molecule has 324 valence electrons. The van der Waals surface area contributed by atoms with Gasteiger partial charge in [-0.25, -0.2) is 0 Å². The quantitative estimate of drug-likeness (QED) is 0.0198. The molecule has 0 amide bonds. The lowest BCUT2D eigenvalue weighted by molar-refractivity contribution is -0.870. The maximum absolute atomic E-state index is 12.7. The van der Waals surface area contributed by atoms with Gasteiger partial charge >= 0.3 is 11.9 Å². The Labute approximate surface area is 338 Å². The molecule has 0 bridgehead atoms. The molecule has 9 heteroatoms. The number of esters is 2. The van der Waals surface area contributed by atoms with E-state index in [2.05, 4.69) is 26.0 Å². The Balaban J connectivity index is 4.32. The number of carboxylic acid groups (broad SMARTS) is 1. The minimum atomic E-state index is -1.62. The zero-order valence-corrected chi connectivity index (χ0v) is 36.6. The largest absolute Gasteiger partial charge is 0.545 e. The van der Waals surface area contributed by atoms with E-state index in [-0.39, 0.29) is 32.2 Å². The van der Waals surface area contributed by atoms with E-state index in [4.69, 9.17) is 18.9 Å². The fourth-order valence-corrected chi connectivity index (χ4v) is 6.40. The summed E-state index contributed by atoms with van der Waals surface area (Å²) in [7, 11) is 5.91. The van der Waals surface area contributed by atoms with Gasteiger partial charge in [-0.1, -0.05) is 174 Å². The lowest BCUT2D eigenvalue weighted by Gasteiger charge is -2.26. The summed E-state index contributed by atoms with van der Waals surface area (Å²) >= 11 is 0. The van der Waals surface area contributed by atoms with Gasteiger partial charge in [0, 0.05) is 12.8 Å². The normalized spacial score (nSPS) is 13.0. The van der Waals surface area contributed by atoms with Crippen molar-refractivity contribution in [3.8, 4) is 0 Å². The lowest BCUT2D eigenvalue weighted by atomic mass is 10.0. The van der Waals surface area contributed by atoms with Gasteiger partial charge in [-0.05, 0) is 32.1 Å². The summed E-state index contributed by atoms with van der Waals surface area (Å²) in [4.78, 5) is 36.9. The second kappa shape index (κ2) is 38.9. The van der Waals surface area contributed by atoms with Gasteiger partial charge in [0.15, 0.2) is 12.4 Å². The molecule has 55 heavy (non-hydrogen) atoms. The number of carbonyl (C=O) groups is 3. The van der Waals surface area contributed by atoms with E-state index in [0.29, 0.717) is 23.9 Å². The average Bonchev–Trinajstić information content (AvgIpc) is 3.14. The first-order valence-electron chi connectivity index (χ1n) is 22.8. The van der Waals surface area contributed by atoms with Crippen LogP contribution in [0.1, 0.15) is 206 Å². The van der Waals surface area contributed by atoms with Crippen LogP contribution in [-0.2, 0) is 33.3 Å². The van der Waals surface area contributed by atoms with Crippen molar-refractivity contribution < 1.29 is 42.9 Å². The van der Waals surface area contributed by atoms with Crippen LogP contribution in [0, 0.1) is 0 Å². The van der Waals surface area contributed by atoms with E-state index < -0.39 is 24.3 Å². The van der Waals surface area contributed by atoms with Gasteiger partial charge in [0.1, 0.15) is 13.2 Å². The number of carbonyl (C=O) groups excluding carboxylic acids is 3. The minimum Gasteiger partial charge on any atom is -0.545 e. The number of aliphatic carboxylic acids is 1. The van der Waals surface area contributed by atoms with Gasteiger partial charge in [-0.2, -0.15) is 0 Å². The zero-order valence-electron chi connectivity index (χ0n) is 36.6. The highest BCUT2D eigenvalue weighted by Crippen LogP contribution is 2.16. The Kier molecular flexibility index (Phi) is 37.5. The molecule has 0 rings (SSSR count). The second-order valence-electron chi connectivity index (χ2n) is 16.7. The highest BCUT2D eigenvalue weighted by atomic mass is 16.7. The molecule has 0 spiro atoms.